The van der Waals surface area contributed by atoms with Gasteiger partial charge in [-0.25, -0.2) is 20.0 Å². The standard InChI is InChI=1S/C9H18N2.C7H14N2/c1-8(2,3)10-7-11-9(4,5)6;1-6(2)8-5-9-7(3)4/h1-6H3;6-7H,1-4H3. The first-order valence-electron chi connectivity index (χ1n) is 7.17. The maximum atomic E-state index is 4.13. The van der Waals surface area contributed by atoms with Crippen LogP contribution in [0.15, 0.2) is 20.0 Å². The van der Waals surface area contributed by atoms with E-state index in [0.29, 0.717) is 12.1 Å². The lowest BCUT2D eigenvalue weighted by molar-refractivity contribution is 0.571. The molecular weight excluding hydrogens is 248 g/mol. The third-order valence-corrected chi connectivity index (χ3v) is 1.40. The Morgan fingerprint density at radius 3 is 1.10 bits per heavy atom. The van der Waals surface area contributed by atoms with Gasteiger partial charge in [-0.1, -0.05) is 0 Å². The number of nitrogens with zero attached hydrogens (tertiary/aromatic N) is 4. The topological polar surface area (TPSA) is 49.4 Å². The molecular formula is C16H32N4. The zero-order valence-corrected chi connectivity index (χ0v) is 14.9. The monoisotopic (exact) mass is 280 g/mol. The molecule has 4 nitrogen and oxygen atoms in total. The van der Waals surface area contributed by atoms with E-state index in [4.69, 9.17) is 0 Å². The predicted molar refractivity (Wildman–Crippen MR) is 89.5 cm³/mol. The van der Waals surface area contributed by atoms with Crippen LogP contribution < -0.4 is 0 Å². The fourth-order valence-corrected chi connectivity index (χ4v) is 0.589. The zero-order valence-electron chi connectivity index (χ0n) is 14.9. The Morgan fingerprint density at radius 1 is 0.600 bits per heavy atom. The van der Waals surface area contributed by atoms with Gasteiger partial charge in [0, 0.05) is 0 Å². The molecule has 0 fully saturated rings. The van der Waals surface area contributed by atoms with E-state index in [9.17, 15) is 0 Å². The summed E-state index contributed by atoms with van der Waals surface area (Å²) in [5, 5.41) is 0. The molecule has 0 saturated heterocycles. The van der Waals surface area contributed by atoms with Crippen LogP contribution in [0.2, 0.25) is 0 Å². The fraction of sp³-hybridized carbons (Fsp3) is 0.875. The van der Waals surface area contributed by atoms with E-state index in [-0.39, 0.29) is 11.1 Å². The van der Waals surface area contributed by atoms with E-state index < -0.39 is 0 Å². The Kier molecular flexibility index (Phi) is 10.1. The van der Waals surface area contributed by atoms with Crippen LogP contribution in [0.25, 0.3) is 0 Å². The highest BCUT2D eigenvalue weighted by molar-refractivity contribution is 5.43. The second-order valence-electron chi connectivity index (χ2n) is 7.21. The molecule has 116 valence electrons. The van der Waals surface area contributed by atoms with Crippen LogP contribution in [0.1, 0.15) is 69.2 Å². The minimum absolute atomic E-state index is 0.0608. The second-order valence-corrected chi connectivity index (χ2v) is 7.21. The van der Waals surface area contributed by atoms with Crippen molar-refractivity contribution in [3.8, 4) is 0 Å². The molecule has 0 amide bonds. The average molecular weight is 280 g/mol. The van der Waals surface area contributed by atoms with Gasteiger partial charge in [-0.3, -0.25) is 0 Å². The molecule has 0 aliphatic heterocycles. The molecule has 0 radical (unpaired) electrons. The van der Waals surface area contributed by atoms with Gasteiger partial charge in [0.1, 0.15) is 0 Å². The maximum Gasteiger partial charge on any atom is 0.0903 e. The Bertz CT molecular complexity index is 336. The van der Waals surface area contributed by atoms with Gasteiger partial charge in [-0.15, -0.1) is 0 Å². The van der Waals surface area contributed by atoms with Gasteiger partial charge in [0.15, 0.2) is 0 Å². The molecule has 0 saturated carbocycles. The van der Waals surface area contributed by atoms with E-state index in [0.717, 1.165) is 0 Å². The van der Waals surface area contributed by atoms with Crippen LogP contribution in [0.5, 0.6) is 0 Å². The molecule has 0 atom stereocenters. The first-order valence-corrected chi connectivity index (χ1v) is 7.17. The van der Waals surface area contributed by atoms with Gasteiger partial charge in [0.2, 0.25) is 0 Å². The van der Waals surface area contributed by atoms with Crippen molar-refractivity contribution in [2.45, 2.75) is 92.4 Å². The molecule has 4 heteroatoms. The molecule has 0 aromatic rings. The second kappa shape index (κ2) is 9.63. The minimum atomic E-state index is -0.0608. The lowest BCUT2D eigenvalue weighted by Gasteiger charge is -2.10. The molecule has 0 rings (SSSR count). The van der Waals surface area contributed by atoms with Crippen molar-refractivity contribution in [2.75, 3.05) is 0 Å². The Hall–Kier alpha value is -1.24. The van der Waals surface area contributed by atoms with Crippen molar-refractivity contribution in [2.24, 2.45) is 20.0 Å². The lowest BCUT2D eigenvalue weighted by atomic mass is 10.1. The molecule has 0 heterocycles. The highest BCUT2D eigenvalue weighted by atomic mass is 14.9. The van der Waals surface area contributed by atoms with Crippen LogP contribution in [-0.2, 0) is 0 Å². The van der Waals surface area contributed by atoms with Crippen LogP contribution in [0.4, 0.5) is 0 Å². The molecule has 20 heavy (non-hydrogen) atoms. The van der Waals surface area contributed by atoms with Gasteiger partial charge in [-0.2, -0.15) is 0 Å². The summed E-state index contributed by atoms with van der Waals surface area (Å²) in [7, 11) is 0. The van der Waals surface area contributed by atoms with Gasteiger partial charge < -0.3 is 0 Å². The van der Waals surface area contributed by atoms with E-state index in [1.54, 1.807) is 0 Å². The number of hydrogen-bond acceptors (Lipinski definition) is 4. The number of hydrogen-bond donors (Lipinski definition) is 0. The molecule has 0 N–H and O–H groups in total. The SMILES string of the molecule is CC(C)(C)N=C=NC(C)(C)C.CC(C)N=C=NC(C)C. The molecule has 0 aromatic carbocycles. The smallest absolute Gasteiger partial charge is 0.0903 e. The van der Waals surface area contributed by atoms with Crippen molar-refractivity contribution in [3.63, 3.8) is 0 Å². The zero-order chi connectivity index (χ0) is 16.4. The normalized spacial score (nSPS) is 11.0. The highest BCUT2D eigenvalue weighted by Crippen LogP contribution is 2.06. The van der Waals surface area contributed by atoms with Crippen molar-refractivity contribution in [1.29, 1.82) is 0 Å². The molecule has 0 aliphatic carbocycles. The van der Waals surface area contributed by atoms with E-state index >= 15 is 0 Å². The average Bonchev–Trinajstić information content (AvgIpc) is 2.12. The summed E-state index contributed by atoms with van der Waals surface area (Å²) in [5.41, 5.74) is -0.122. The summed E-state index contributed by atoms with van der Waals surface area (Å²) in [6.45, 7) is 20.2. The summed E-state index contributed by atoms with van der Waals surface area (Å²) in [6, 6.07) is 5.97. The van der Waals surface area contributed by atoms with Crippen molar-refractivity contribution in [3.05, 3.63) is 0 Å². The largest absolute Gasteiger partial charge is 0.223 e. The van der Waals surface area contributed by atoms with Crippen molar-refractivity contribution < 1.29 is 0 Å². The van der Waals surface area contributed by atoms with Crippen LogP contribution in [-0.4, -0.2) is 35.2 Å². The minimum Gasteiger partial charge on any atom is -0.223 e. The van der Waals surface area contributed by atoms with Crippen molar-refractivity contribution >= 4 is 12.0 Å². The van der Waals surface area contributed by atoms with Crippen LogP contribution in [0, 0.1) is 0 Å². The first kappa shape index (κ1) is 21.1. The van der Waals surface area contributed by atoms with Crippen molar-refractivity contribution in [1.82, 2.24) is 0 Å². The molecule has 0 bridgehead atoms. The Labute approximate surface area is 125 Å². The fourth-order valence-electron chi connectivity index (χ4n) is 0.589. The summed E-state index contributed by atoms with van der Waals surface area (Å²) < 4.78 is 0. The van der Waals surface area contributed by atoms with Gasteiger partial charge in [0.05, 0.1) is 35.2 Å². The van der Waals surface area contributed by atoms with Gasteiger partial charge >= 0.3 is 0 Å². The van der Waals surface area contributed by atoms with E-state index in [1.807, 2.05) is 69.2 Å². The third-order valence-electron chi connectivity index (χ3n) is 1.40. The quantitative estimate of drug-likeness (QED) is 0.656. The molecule has 0 aromatic heterocycles. The molecule has 0 unspecified atom stereocenters. The number of aliphatic imine (C=N–C) groups is 4. The summed E-state index contributed by atoms with van der Waals surface area (Å²) >= 11 is 0. The summed E-state index contributed by atoms with van der Waals surface area (Å²) in [5.74, 6) is 0. The highest BCUT2D eigenvalue weighted by Gasteiger charge is 2.07. The van der Waals surface area contributed by atoms with Gasteiger partial charge in [0.25, 0.3) is 0 Å². The number of rotatable bonds is 2. The van der Waals surface area contributed by atoms with Crippen LogP contribution >= 0.6 is 0 Å². The first-order chi connectivity index (χ1) is 8.83. The lowest BCUT2D eigenvalue weighted by Crippen LogP contribution is -2.11. The molecule has 0 aliphatic rings. The Morgan fingerprint density at radius 2 is 0.900 bits per heavy atom. The van der Waals surface area contributed by atoms with Gasteiger partial charge in [-0.05, 0) is 69.2 Å². The van der Waals surface area contributed by atoms with E-state index in [2.05, 4.69) is 32.0 Å². The third kappa shape index (κ3) is 25.6. The molecule has 0 spiro atoms. The summed E-state index contributed by atoms with van der Waals surface area (Å²) in [6.07, 6.45) is 0. The maximum absolute atomic E-state index is 4.13. The van der Waals surface area contributed by atoms with E-state index in [1.165, 1.54) is 0 Å². The summed E-state index contributed by atoms with van der Waals surface area (Å²) in [4.78, 5) is 16.1. The Balaban J connectivity index is 0. The predicted octanol–water partition coefficient (Wildman–Crippen LogP) is 4.73. The van der Waals surface area contributed by atoms with Crippen LogP contribution in [0.3, 0.4) is 0 Å².